The van der Waals surface area contributed by atoms with Gasteiger partial charge in [-0.3, -0.25) is 4.79 Å². The first-order chi connectivity index (χ1) is 10.0. The Morgan fingerprint density at radius 3 is 2.71 bits per heavy atom. The number of aryl methyl sites for hydroxylation is 2. The molecule has 1 aromatic carbocycles. The highest BCUT2D eigenvalue weighted by molar-refractivity contribution is 5.86. The number of carbonyl (C=O) groups is 1. The molecule has 4 nitrogen and oxygen atoms in total. The smallest absolute Gasteiger partial charge is 0.336 e. The molecule has 0 aliphatic rings. The summed E-state index contributed by atoms with van der Waals surface area (Å²) in [6.07, 6.45) is 4.16. The Morgan fingerprint density at radius 1 is 1.29 bits per heavy atom. The predicted molar refractivity (Wildman–Crippen MR) is 81.8 cm³/mol. The van der Waals surface area contributed by atoms with E-state index in [4.69, 9.17) is 9.15 Å². The molecule has 4 heteroatoms. The van der Waals surface area contributed by atoms with Crippen molar-refractivity contribution < 1.29 is 13.9 Å². The maximum atomic E-state index is 11.7. The fourth-order valence-corrected chi connectivity index (χ4v) is 2.45. The van der Waals surface area contributed by atoms with Crippen LogP contribution >= 0.6 is 0 Å². The number of ether oxygens (including phenoxy) is 1. The van der Waals surface area contributed by atoms with Crippen LogP contribution in [0.1, 0.15) is 44.2 Å². The summed E-state index contributed by atoms with van der Waals surface area (Å²) in [7, 11) is 0. The normalized spacial score (nSPS) is 10.8. The third-order valence-electron chi connectivity index (χ3n) is 3.50. The van der Waals surface area contributed by atoms with Gasteiger partial charge in [-0.1, -0.05) is 19.8 Å². The molecule has 112 valence electrons. The van der Waals surface area contributed by atoms with Crippen LogP contribution in [0.2, 0.25) is 0 Å². The number of esters is 1. The highest BCUT2D eigenvalue weighted by atomic mass is 16.5. The van der Waals surface area contributed by atoms with E-state index >= 15 is 0 Å². The first-order valence-corrected chi connectivity index (χ1v) is 7.27. The lowest BCUT2D eigenvalue weighted by Crippen LogP contribution is -2.05. The molecule has 0 unspecified atom stereocenters. The van der Waals surface area contributed by atoms with E-state index in [1.165, 1.54) is 6.92 Å². The van der Waals surface area contributed by atoms with Gasteiger partial charge in [-0.2, -0.15) is 0 Å². The van der Waals surface area contributed by atoms with Crippen LogP contribution in [0.25, 0.3) is 11.0 Å². The molecule has 2 rings (SSSR count). The van der Waals surface area contributed by atoms with Crippen LogP contribution in [0.5, 0.6) is 5.75 Å². The van der Waals surface area contributed by atoms with Crippen LogP contribution in [-0.4, -0.2) is 5.97 Å². The lowest BCUT2D eigenvalue weighted by Gasteiger charge is -2.10. The Balaban J connectivity index is 2.50. The maximum absolute atomic E-state index is 11.7. The van der Waals surface area contributed by atoms with Crippen LogP contribution < -0.4 is 10.4 Å². The third-order valence-corrected chi connectivity index (χ3v) is 3.50. The summed E-state index contributed by atoms with van der Waals surface area (Å²) in [4.78, 5) is 22.8. The minimum Gasteiger partial charge on any atom is -0.426 e. The second-order valence-corrected chi connectivity index (χ2v) is 5.21. The maximum Gasteiger partial charge on any atom is 0.336 e. The van der Waals surface area contributed by atoms with Gasteiger partial charge in [0.05, 0.1) is 0 Å². The highest BCUT2D eigenvalue weighted by Gasteiger charge is 2.12. The average Bonchev–Trinajstić information content (AvgIpc) is 2.42. The van der Waals surface area contributed by atoms with Gasteiger partial charge < -0.3 is 9.15 Å². The predicted octanol–water partition coefficient (Wildman–Crippen LogP) is 3.76. The average molecular weight is 288 g/mol. The number of benzene rings is 1. The Hall–Kier alpha value is -2.10. The van der Waals surface area contributed by atoms with Crippen molar-refractivity contribution in [3.8, 4) is 5.75 Å². The molecule has 0 N–H and O–H groups in total. The van der Waals surface area contributed by atoms with E-state index in [9.17, 15) is 9.59 Å². The molecule has 21 heavy (non-hydrogen) atoms. The van der Waals surface area contributed by atoms with Crippen LogP contribution in [0.15, 0.2) is 27.4 Å². The van der Waals surface area contributed by atoms with E-state index < -0.39 is 0 Å². The van der Waals surface area contributed by atoms with E-state index in [0.717, 1.165) is 36.6 Å². The molecule has 0 fully saturated rings. The van der Waals surface area contributed by atoms with Crippen LogP contribution in [-0.2, 0) is 11.2 Å². The zero-order valence-electron chi connectivity index (χ0n) is 12.7. The Morgan fingerprint density at radius 2 is 2.05 bits per heavy atom. The van der Waals surface area contributed by atoms with Crippen LogP contribution in [0.4, 0.5) is 0 Å². The van der Waals surface area contributed by atoms with Crippen molar-refractivity contribution in [3.63, 3.8) is 0 Å². The summed E-state index contributed by atoms with van der Waals surface area (Å²) in [5.74, 6) is 0.0442. The molecule has 1 aromatic heterocycles. The van der Waals surface area contributed by atoms with Crippen molar-refractivity contribution in [2.45, 2.75) is 46.5 Å². The summed E-state index contributed by atoms with van der Waals surface area (Å²) in [6.45, 7) is 5.29. The number of rotatable bonds is 5. The lowest BCUT2D eigenvalue weighted by atomic mass is 10.0. The van der Waals surface area contributed by atoms with Gasteiger partial charge in [0.2, 0.25) is 0 Å². The monoisotopic (exact) mass is 288 g/mol. The number of hydrogen-bond acceptors (Lipinski definition) is 4. The van der Waals surface area contributed by atoms with Crippen molar-refractivity contribution in [1.82, 2.24) is 0 Å². The van der Waals surface area contributed by atoms with Gasteiger partial charge in [-0.05, 0) is 37.5 Å². The number of fused-ring (bicyclic) bond motifs is 1. The van der Waals surface area contributed by atoms with E-state index in [2.05, 4.69) is 6.92 Å². The molecule has 0 saturated heterocycles. The number of unbranched alkanes of at least 4 members (excludes halogenated alkanes) is 2. The van der Waals surface area contributed by atoms with E-state index in [0.29, 0.717) is 16.9 Å². The summed E-state index contributed by atoms with van der Waals surface area (Å²) in [5, 5.41) is 0.916. The largest absolute Gasteiger partial charge is 0.426 e. The summed E-state index contributed by atoms with van der Waals surface area (Å²) in [5.41, 5.74) is 1.81. The zero-order chi connectivity index (χ0) is 15.4. The van der Waals surface area contributed by atoms with Crippen molar-refractivity contribution in [2.75, 3.05) is 0 Å². The first-order valence-electron chi connectivity index (χ1n) is 7.27. The molecule has 0 spiro atoms. The minimum absolute atomic E-state index is 0.364. The van der Waals surface area contributed by atoms with Gasteiger partial charge in [0, 0.05) is 23.9 Å². The molecule has 0 aliphatic carbocycles. The molecule has 0 aliphatic heterocycles. The molecular weight excluding hydrogens is 268 g/mol. The van der Waals surface area contributed by atoms with Gasteiger partial charge in [0.25, 0.3) is 0 Å². The summed E-state index contributed by atoms with van der Waals surface area (Å²) >= 11 is 0. The third kappa shape index (κ3) is 3.51. The number of carbonyl (C=O) groups excluding carboxylic acids is 1. The van der Waals surface area contributed by atoms with E-state index in [-0.39, 0.29) is 11.6 Å². The number of hydrogen-bond donors (Lipinski definition) is 0. The second-order valence-electron chi connectivity index (χ2n) is 5.21. The van der Waals surface area contributed by atoms with Crippen LogP contribution in [0.3, 0.4) is 0 Å². The SMILES string of the molecule is CCCCCc1cc(=O)oc2c(C)c(OC(C)=O)ccc12. The lowest BCUT2D eigenvalue weighted by molar-refractivity contribution is -0.131. The molecular formula is C17H20O4. The molecule has 0 saturated carbocycles. The van der Waals surface area contributed by atoms with Crippen LogP contribution in [0, 0.1) is 6.92 Å². The first kappa shape index (κ1) is 15.3. The molecule has 0 bridgehead atoms. The molecule has 0 atom stereocenters. The van der Waals surface area contributed by atoms with E-state index in [1.807, 2.05) is 6.07 Å². The Bertz CT molecular complexity index is 713. The van der Waals surface area contributed by atoms with Gasteiger partial charge in [-0.25, -0.2) is 4.79 Å². The van der Waals surface area contributed by atoms with Crippen molar-refractivity contribution >= 4 is 16.9 Å². The minimum atomic E-state index is -0.390. The van der Waals surface area contributed by atoms with Crippen molar-refractivity contribution in [3.05, 3.63) is 39.7 Å². The fraction of sp³-hybridized carbons (Fsp3) is 0.412. The van der Waals surface area contributed by atoms with Gasteiger partial charge in [0.15, 0.2) is 0 Å². The Labute approximate surface area is 123 Å². The Kier molecular flexibility index (Phi) is 4.78. The topological polar surface area (TPSA) is 56.5 Å². The summed E-state index contributed by atoms with van der Waals surface area (Å²) in [6, 6.07) is 5.16. The van der Waals surface area contributed by atoms with Crippen molar-refractivity contribution in [2.24, 2.45) is 0 Å². The zero-order valence-corrected chi connectivity index (χ0v) is 12.7. The van der Waals surface area contributed by atoms with E-state index in [1.54, 1.807) is 19.1 Å². The standard InChI is InChI=1S/C17H20O4/c1-4-5-6-7-13-10-16(19)21-17-11(2)15(20-12(3)18)9-8-14(13)17/h8-10H,4-7H2,1-3H3. The molecule has 0 amide bonds. The van der Waals surface area contributed by atoms with Crippen molar-refractivity contribution in [1.29, 1.82) is 0 Å². The molecule has 1 heterocycles. The van der Waals surface area contributed by atoms with Gasteiger partial charge >= 0.3 is 11.6 Å². The van der Waals surface area contributed by atoms with Gasteiger partial charge in [-0.15, -0.1) is 0 Å². The second kappa shape index (κ2) is 6.57. The van der Waals surface area contributed by atoms with Gasteiger partial charge in [0.1, 0.15) is 11.3 Å². The fourth-order valence-electron chi connectivity index (χ4n) is 2.45. The molecule has 0 radical (unpaired) electrons. The summed E-state index contributed by atoms with van der Waals surface area (Å²) < 4.78 is 10.4. The molecule has 2 aromatic rings. The highest BCUT2D eigenvalue weighted by Crippen LogP contribution is 2.29. The quantitative estimate of drug-likeness (QED) is 0.364.